The van der Waals surface area contributed by atoms with Crippen molar-refractivity contribution >= 4 is 45.2 Å². The first-order valence-electron chi connectivity index (χ1n) is 9.15. The Morgan fingerprint density at radius 1 is 1.29 bits per heavy atom. The number of hydrogen-bond donors (Lipinski definition) is 1. The molecule has 1 aromatic carbocycles. The predicted octanol–water partition coefficient (Wildman–Crippen LogP) is 3.01. The van der Waals surface area contributed by atoms with Crippen molar-refractivity contribution in [2.24, 2.45) is 5.92 Å². The Morgan fingerprint density at radius 3 is 2.61 bits per heavy atom. The third-order valence-corrected chi connectivity index (χ3v) is 5.32. The second-order valence-corrected chi connectivity index (χ2v) is 8.99. The molecule has 3 rings (SSSR count). The summed E-state index contributed by atoms with van der Waals surface area (Å²) in [7, 11) is 3.70. The molecule has 1 fully saturated rings. The summed E-state index contributed by atoms with van der Waals surface area (Å²) >= 11 is 1.12. The van der Waals surface area contributed by atoms with E-state index in [0.29, 0.717) is 24.5 Å². The monoisotopic (exact) mass is 503 g/mol. The zero-order valence-electron chi connectivity index (χ0n) is 16.1. The Balaban J connectivity index is 1.90. The van der Waals surface area contributed by atoms with Crippen molar-refractivity contribution in [1.82, 2.24) is 20.2 Å². The van der Waals surface area contributed by atoms with Gasteiger partial charge >= 0.3 is 3.93 Å². The molecule has 1 aliphatic heterocycles. The molecule has 0 unspecified atom stereocenters. The molecule has 2 aromatic rings. The van der Waals surface area contributed by atoms with E-state index in [2.05, 4.69) is 27.1 Å². The minimum absolute atomic E-state index is 0.00591. The van der Waals surface area contributed by atoms with Gasteiger partial charge in [0.1, 0.15) is 11.0 Å². The molecule has 28 heavy (non-hydrogen) atoms. The molecule has 0 spiro atoms. The summed E-state index contributed by atoms with van der Waals surface area (Å²) in [5.41, 5.74) is 1.31. The summed E-state index contributed by atoms with van der Waals surface area (Å²) in [5.74, 6) is 0.324. The van der Waals surface area contributed by atoms with Crippen LogP contribution in [-0.4, -0.2) is 60.5 Å². The Bertz CT molecular complexity index is 858. The van der Waals surface area contributed by atoms with Crippen LogP contribution in [0.15, 0.2) is 24.5 Å². The van der Waals surface area contributed by atoms with E-state index in [-0.39, 0.29) is 23.0 Å². The summed E-state index contributed by atoms with van der Waals surface area (Å²) in [6, 6.07) is 3.11. The van der Waals surface area contributed by atoms with Crippen LogP contribution in [0.3, 0.4) is 0 Å². The van der Waals surface area contributed by atoms with Crippen molar-refractivity contribution < 1.29 is 13.6 Å². The average Bonchev–Trinajstić information content (AvgIpc) is 2.58. The minimum Gasteiger partial charge on any atom is -0.367 e. The topological polar surface area (TPSA) is 61.4 Å². The summed E-state index contributed by atoms with van der Waals surface area (Å²) in [6.45, 7) is 3.83. The first kappa shape index (κ1) is 21.1. The van der Waals surface area contributed by atoms with Gasteiger partial charge in [-0.05, 0) is 38.6 Å². The fourth-order valence-electron chi connectivity index (χ4n) is 3.74. The van der Waals surface area contributed by atoms with Gasteiger partial charge in [0.25, 0.3) is 0 Å². The van der Waals surface area contributed by atoms with Crippen molar-refractivity contribution in [3.8, 4) is 0 Å². The quantitative estimate of drug-likeness (QED) is 0.503. The van der Waals surface area contributed by atoms with Crippen LogP contribution in [-0.2, 0) is 8.72 Å². The van der Waals surface area contributed by atoms with Gasteiger partial charge in [0.15, 0.2) is 0 Å². The number of benzene rings is 1. The van der Waals surface area contributed by atoms with Gasteiger partial charge in [-0.3, -0.25) is 14.8 Å². The second-order valence-electron chi connectivity index (χ2n) is 7.63. The number of anilines is 1. The fourth-order valence-corrected chi connectivity index (χ4v) is 4.18. The Hall–Kier alpha value is -1.62. The van der Waals surface area contributed by atoms with Gasteiger partial charge in [-0.25, -0.2) is 0 Å². The average molecular weight is 503 g/mol. The minimum atomic E-state index is -3.03. The number of alkyl halides is 3. The highest BCUT2D eigenvalue weighted by Gasteiger charge is 2.32. The highest BCUT2D eigenvalue weighted by Crippen LogP contribution is 2.40. The lowest BCUT2D eigenvalue weighted by Crippen LogP contribution is -2.52. The molecular weight excluding hydrogens is 479 g/mol. The number of carbonyl (C=O) groups excluding carboxylic acids is 1. The number of halogens is 3. The van der Waals surface area contributed by atoms with E-state index in [0.717, 1.165) is 41.2 Å². The van der Waals surface area contributed by atoms with Crippen LogP contribution in [0.4, 0.5) is 14.5 Å². The zero-order chi connectivity index (χ0) is 20.5. The highest BCUT2D eigenvalue weighted by atomic mass is 127. The van der Waals surface area contributed by atoms with Crippen LogP contribution in [0.5, 0.6) is 0 Å². The van der Waals surface area contributed by atoms with Gasteiger partial charge in [-0.2, -0.15) is 8.78 Å². The lowest BCUT2D eigenvalue weighted by atomic mass is 9.95. The van der Waals surface area contributed by atoms with Crippen molar-refractivity contribution in [3.05, 3.63) is 30.1 Å². The molecule has 1 aromatic heterocycles. The molecule has 9 heteroatoms. The van der Waals surface area contributed by atoms with E-state index < -0.39 is 3.93 Å². The summed E-state index contributed by atoms with van der Waals surface area (Å²) in [5, 5.41) is 3.08. The molecule has 152 valence electrons. The SMILES string of the molecule is C[C@H]1C[C@@H](NC(=O)CN(C)C)CN(c2ccc(C(F)(F)I)c3nccnc23)C1. The molecule has 2 atom stereocenters. The summed E-state index contributed by atoms with van der Waals surface area (Å²) < 4.78 is 24.9. The number of fused-ring (bicyclic) bond motifs is 1. The van der Waals surface area contributed by atoms with Gasteiger partial charge in [-0.1, -0.05) is 6.92 Å². The third-order valence-electron chi connectivity index (χ3n) is 4.73. The first-order chi connectivity index (χ1) is 13.1. The van der Waals surface area contributed by atoms with Crippen LogP contribution >= 0.6 is 22.6 Å². The van der Waals surface area contributed by atoms with Crippen molar-refractivity contribution in [3.63, 3.8) is 0 Å². The van der Waals surface area contributed by atoms with E-state index in [4.69, 9.17) is 0 Å². The van der Waals surface area contributed by atoms with Gasteiger partial charge in [0.05, 0.1) is 17.8 Å². The molecule has 1 aliphatic rings. The molecule has 0 aliphatic carbocycles. The molecule has 0 radical (unpaired) electrons. The number of amides is 1. The normalized spacial score (nSPS) is 20.6. The molecule has 1 N–H and O–H groups in total. The lowest BCUT2D eigenvalue weighted by molar-refractivity contribution is -0.122. The number of aromatic nitrogens is 2. The molecule has 1 amide bonds. The molecular formula is C19H24F2IN5O. The van der Waals surface area contributed by atoms with Gasteiger partial charge in [0.2, 0.25) is 5.91 Å². The van der Waals surface area contributed by atoms with E-state index in [1.165, 1.54) is 18.5 Å². The van der Waals surface area contributed by atoms with Crippen LogP contribution in [0.2, 0.25) is 0 Å². The number of nitrogens with zero attached hydrogens (tertiary/aromatic N) is 4. The second kappa shape index (κ2) is 8.40. The van der Waals surface area contributed by atoms with Crippen LogP contribution < -0.4 is 10.2 Å². The standard InChI is InChI=1S/C19H24F2IN5O/c1-12-8-13(25-16(28)11-26(2)3)10-27(9-12)15-5-4-14(19(20,21)22)17-18(15)24-7-6-23-17/h4-7,12-13H,8-11H2,1-3H3,(H,25,28)/t12-,13+/m0/s1. The molecule has 2 heterocycles. The first-order valence-corrected chi connectivity index (χ1v) is 10.2. The summed E-state index contributed by atoms with van der Waals surface area (Å²) in [6.07, 6.45) is 3.83. The molecule has 0 saturated carbocycles. The third kappa shape index (κ3) is 4.86. The molecule has 1 saturated heterocycles. The van der Waals surface area contributed by atoms with Gasteiger partial charge in [0, 0.05) is 54.1 Å². The van der Waals surface area contributed by atoms with Crippen LogP contribution in [0, 0.1) is 5.92 Å². The maximum atomic E-state index is 14.0. The Labute approximate surface area is 176 Å². The molecule has 0 bridgehead atoms. The van der Waals surface area contributed by atoms with Crippen molar-refractivity contribution in [2.75, 3.05) is 38.6 Å². The lowest BCUT2D eigenvalue weighted by Gasteiger charge is -2.38. The van der Waals surface area contributed by atoms with Crippen LogP contribution in [0.25, 0.3) is 11.0 Å². The van der Waals surface area contributed by atoms with E-state index >= 15 is 0 Å². The number of hydrogen-bond acceptors (Lipinski definition) is 5. The highest BCUT2D eigenvalue weighted by molar-refractivity contribution is 14.1. The largest absolute Gasteiger partial charge is 0.367 e. The van der Waals surface area contributed by atoms with E-state index in [9.17, 15) is 13.6 Å². The van der Waals surface area contributed by atoms with E-state index in [1.54, 1.807) is 6.07 Å². The zero-order valence-corrected chi connectivity index (χ0v) is 18.3. The smallest absolute Gasteiger partial charge is 0.323 e. The van der Waals surface area contributed by atoms with Crippen molar-refractivity contribution in [2.45, 2.75) is 23.3 Å². The maximum Gasteiger partial charge on any atom is 0.323 e. The number of piperidine rings is 1. The maximum absolute atomic E-state index is 14.0. The number of likely N-dealkylation sites (N-methyl/N-ethyl adjacent to an activating group) is 1. The fraction of sp³-hybridized carbons (Fsp3) is 0.526. The number of carbonyl (C=O) groups is 1. The summed E-state index contributed by atoms with van der Waals surface area (Å²) in [4.78, 5) is 24.6. The van der Waals surface area contributed by atoms with E-state index in [1.807, 2.05) is 19.0 Å². The molecule has 6 nitrogen and oxygen atoms in total. The van der Waals surface area contributed by atoms with Crippen molar-refractivity contribution in [1.29, 1.82) is 0 Å². The van der Waals surface area contributed by atoms with Gasteiger partial charge < -0.3 is 15.1 Å². The van der Waals surface area contributed by atoms with Crippen LogP contribution in [0.1, 0.15) is 18.9 Å². The Morgan fingerprint density at radius 2 is 1.96 bits per heavy atom. The number of rotatable bonds is 5. The number of nitrogens with one attached hydrogen (secondary N) is 1. The predicted molar refractivity (Wildman–Crippen MR) is 114 cm³/mol. The van der Waals surface area contributed by atoms with Gasteiger partial charge in [-0.15, -0.1) is 0 Å². The Kier molecular flexibility index (Phi) is 6.33.